The van der Waals surface area contributed by atoms with E-state index in [9.17, 15) is 44.2 Å². The number of amides is 4. The van der Waals surface area contributed by atoms with E-state index in [0.29, 0.717) is 56.7 Å². The summed E-state index contributed by atoms with van der Waals surface area (Å²) in [5.74, 6) is -2.21. The predicted octanol–water partition coefficient (Wildman–Crippen LogP) is 13.8. The van der Waals surface area contributed by atoms with Crippen LogP contribution >= 0.6 is 65.6 Å². The molecule has 4 amide bonds. The van der Waals surface area contributed by atoms with Crippen LogP contribution in [0.5, 0.6) is 0 Å². The molecule has 4 saturated heterocycles. The number of carbonyl (C=O) groups is 4. The van der Waals surface area contributed by atoms with Gasteiger partial charge in [0.1, 0.15) is 49.5 Å². The fourth-order valence-electron chi connectivity index (χ4n) is 13.7. The number of benzene rings is 2. The van der Waals surface area contributed by atoms with Crippen molar-refractivity contribution in [1.29, 1.82) is 15.8 Å². The van der Waals surface area contributed by atoms with Crippen LogP contribution < -0.4 is 32.4 Å². The van der Waals surface area contributed by atoms with Crippen molar-refractivity contribution in [1.82, 2.24) is 97.9 Å². The number of nitrogens with zero attached hydrogens (tertiary/aromatic N) is 22. The van der Waals surface area contributed by atoms with Crippen LogP contribution in [0.4, 0.5) is 37.4 Å². The van der Waals surface area contributed by atoms with Crippen LogP contribution in [0, 0.1) is 49.8 Å². The second-order valence-corrected chi connectivity index (χ2v) is 38.7. The van der Waals surface area contributed by atoms with Gasteiger partial charge in [0.25, 0.3) is 22.9 Å². The largest absolute Gasteiger partial charge is 0.385 e. The lowest BCUT2D eigenvalue weighted by Crippen LogP contribution is -2.30. The molecule has 10 N–H and O–H groups in total. The van der Waals surface area contributed by atoms with Crippen molar-refractivity contribution in [3.63, 3.8) is 0 Å². The minimum absolute atomic E-state index is 0. The highest BCUT2D eigenvalue weighted by Crippen LogP contribution is 2.55. The van der Waals surface area contributed by atoms with E-state index >= 15 is 8.78 Å². The zero-order valence-corrected chi connectivity index (χ0v) is 86.4. The highest BCUT2D eigenvalue weighted by atomic mass is 32.9. The number of aromatic nitrogens is 19. The molecule has 0 saturated carbocycles. The third kappa shape index (κ3) is 34.3. The Bertz CT molecular complexity index is 6790. The molecule has 4 aliphatic rings. The van der Waals surface area contributed by atoms with E-state index in [1.807, 2.05) is 87.4 Å². The Morgan fingerprint density at radius 1 is 0.591 bits per heavy atom. The van der Waals surface area contributed by atoms with Gasteiger partial charge in [0.2, 0.25) is 28.8 Å². The number of aliphatic imine (C=N–C) groups is 1. The number of aliphatic hydroxyl groups is 2. The number of hydrogen-bond donors (Lipinski definition) is 10. The van der Waals surface area contributed by atoms with E-state index in [4.69, 9.17) is 99.6 Å². The first kappa shape index (κ1) is 121. The molecule has 50 nitrogen and oxygen atoms in total. The minimum atomic E-state index is -3.75. The monoisotopic (exact) mass is 2210 g/mol. The van der Waals surface area contributed by atoms with E-state index in [0.717, 1.165) is 5.13 Å². The van der Waals surface area contributed by atoms with Crippen LogP contribution in [0.25, 0.3) is 44.7 Å². The van der Waals surface area contributed by atoms with Crippen LogP contribution in [0.3, 0.4) is 0 Å². The van der Waals surface area contributed by atoms with E-state index in [1.165, 1.54) is 74.7 Å². The molecule has 15 heterocycles. The Kier molecular flexibility index (Phi) is 49.9. The number of fused-ring (bicyclic) bond motifs is 4. The molecule has 4 aliphatic heterocycles. The fraction of sp³-hybridized carbons (Fsp3) is 0.416. The first-order chi connectivity index (χ1) is 70.9. The number of halogens is 2. The van der Waals surface area contributed by atoms with Crippen molar-refractivity contribution in [2.24, 2.45) is 16.8 Å². The molecule has 16 atom stereocenters. The zero-order chi connectivity index (χ0) is 106. The number of pyridine rings is 2. The molecule has 11 aromatic heterocycles. The molecule has 17 rings (SSSR count). The van der Waals surface area contributed by atoms with E-state index < -0.39 is 167 Å². The molecule has 149 heavy (non-hydrogen) atoms. The lowest BCUT2D eigenvalue weighted by molar-refractivity contribution is -0.119. The van der Waals surface area contributed by atoms with E-state index in [-0.39, 0.29) is 105 Å². The summed E-state index contributed by atoms with van der Waals surface area (Å²) < 4.78 is 115. The normalized spacial score (nSPS) is 20.4. The summed E-state index contributed by atoms with van der Waals surface area (Å²) in [6.07, 6.45) is 1.90. The number of aliphatic hydroxyl groups excluding tert-OH is 2. The minimum Gasteiger partial charge on any atom is -0.385 e. The summed E-state index contributed by atoms with van der Waals surface area (Å²) in [5, 5.41) is 58.9. The van der Waals surface area contributed by atoms with Crippen molar-refractivity contribution in [2.75, 3.05) is 61.8 Å². The number of alkyl halides is 2. The molecular formula is C89H108F2N28O22P4S4. The molecule has 2 unspecified atom stereocenters. The molecule has 60 heteroatoms. The van der Waals surface area contributed by atoms with Gasteiger partial charge in [-0.05, 0) is 106 Å². The Hall–Kier alpha value is -12.9. The molecule has 0 aliphatic carbocycles. The fourth-order valence-corrected chi connectivity index (χ4v) is 18.8. The zero-order valence-electron chi connectivity index (χ0n) is 79.6. The number of nitrogens with one attached hydrogen (secondary N) is 6. The lowest BCUT2D eigenvalue weighted by Gasteiger charge is -2.27. The molecule has 0 radical (unpaired) electrons. The average molecular weight is 2210 g/mol. The number of imidazole rings is 4. The van der Waals surface area contributed by atoms with Gasteiger partial charge in [0, 0.05) is 81.6 Å². The number of carbonyl (C=O) groups excluding carboxylic acids is 4. The van der Waals surface area contributed by atoms with E-state index in [2.05, 4.69) is 101 Å². The topological polar surface area (TPSA) is 664 Å². The van der Waals surface area contributed by atoms with Crippen molar-refractivity contribution in [3.8, 4) is 18.2 Å². The Morgan fingerprint density at radius 2 is 1.01 bits per heavy atom. The Balaban J connectivity index is 0.000000276. The molecule has 0 spiro atoms. The number of hydrogen-bond acceptors (Lipinski definition) is 41. The van der Waals surface area contributed by atoms with Gasteiger partial charge in [0.05, 0.1) is 114 Å². The van der Waals surface area contributed by atoms with Crippen LogP contribution in [0.2, 0.25) is 0 Å². The third-order valence-electron chi connectivity index (χ3n) is 20.6. The van der Waals surface area contributed by atoms with Gasteiger partial charge in [-0.25, -0.2) is 62.8 Å². The first-order valence-electron chi connectivity index (χ1n) is 44.4. The third-order valence-corrected chi connectivity index (χ3v) is 26.6. The summed E-state index contributed by atoms with van der Waals surface area (Å²) in [7, 11) is 2.92. The van der Waals surface area contributed by atoms with E-state index in [1.54, 1.807) is 129 Å². The summed E-state index contributed by atoms with van der Waals surface area (Å²) in [5.41, 5.74) is 0.708. The molecule has 13 aromatic rings. The quantitative estimate of drug-likeness (QED) is 0.00467. The summed E-state index contributed by atoms with van der Waals surface area (Å²) in [6.45, 7) is 7.02. The summed E-state index contributed by atoms with van der Waals surface area (Å²) in [4.78, 5) is 155. The SMILES string of the molecule is C.C.CC#N.CC[C@H]1O[C@@H](n2cnc3c(NC(=O)c4ccccc4)ncnc32)C[C@H]1OP(=S)(OCCC#N)OC[C@H]1O[C@@H](n2cnc3c(=O)[nH]c(NC(=O)C(C)C)nc32)[C@H](O)[C@@H]1F.CC[C@H]1O[C@@H](n2cnc3c(NC(=O)c4ccccc4)ncnc32)C[C@H]1OP(OCCC#N)OC[C@H]1O[C@@H](n2cnc3c(=O)[nH]c(NC(=O)C(C)C)nc32)[C@H](O)[C@@H]1F.CN(C)C=Nc1nc(=S)ss1.O=PO.O=PO.c1ccncc1.c1ccncc1. The number of aromatic amines is 2. The van der Waals surface area contributed by atoms with Crippen LogP contribution in [-0.2, 0) is 76.6 Å². The molecule has 0 bridgehead atoms. The second-order valence-electron chi connectivity index (χ2n) is 31.5. The van der Waals surface area contributed by atoms with Crippen molar-refractivity contribution in [2.45, 2.75) is 188 Å². The highest BCUT2D eigenvalue weighted by molar-refractivity contribution is 8.07. The van der Waals surface area contributed by atoms with Gasteiger partial charge in [-0.3, -0.25) is 77.6 Å². The van der Waals surface area contributed by atoms with Crippen LogP contribution in [0.1, 0.15) is 147 Å². The number of nitriles is 3. The number of ether oxygens (including phenoxy) is 4. The van der Waals surface area contributed by atoms with Gasteiger partial charge in [-0.1, -0.05) is 105 Å². The van der Waals surface area contributed by atoms with Gasteiger partial charge in [-0.15, -0.1) is 0 Å². The van der Waals surface area contributed by atoms with Gasteiger partial charge in [-0.2, -0.15) is 30.7 Å². The van der Waals surface area contributed by atoms with Gasteiger partial charge >= 0.3 is 32.7 Å². The Labute approximate surface area is 872 Å². The molecule has 794 valence electrons. The maximum atomic E-state index is 15.7. The second kappa shape index (κ2) is 61.3. The first-order valence-corrected chi connectivity index (χ1v) is 52.2. The Morgan fingerprint density at radius 3 is 1.41 bits per heavy atom. The van der Waals surface area contributed by atoms with Gasteiger partial charge < -0.3 is 81.6 Å². The average Bonchev–Trinajstić information content (AvgIpc) is 2.00. The van der Waals surface area contributed by atoms with Crippen molar-refractivity contribution in [3.05, 3.63) is 196 Å². The highest BCUT2D eigenvalue weighted by Gasteiger charge is 2.50. The molecular weight excluding hydrogens is 2100 g/mol. The van der Waals surface area contributed by atoms with Crippen molar-refractivity contribution >= 4 is 181 Å². The smallest absolute Gasteiger partial charge is 0.333 e. The molecule has 4 fully saturated rings. The van der Waals surface area contributed by atoms with Crippen LogP contribution in [0.15, 0.2) is 174 Å². The van der Waals surface area contributed by atoms with Crippen LogP contribution in [-0.4, -0.2) is 250 Å². The summed E-state index contributed by atoms with van der Waals surface area (Å²) in [6, 6.07) is 34.5. The number of anilines is 4. The standard InChI is InChI=1S/C35H39FN11O9PS.C35H39FN11O9P.C5H7N3S3.2C5H5N.C2H3N.2CH4.2HO2P/c1-4-20-21(13-23(54-20)46-16-40-25-28(38-15-39-29(25)46)42-32(50)19-9-6-5-7-10-19)56-57(58,52-12-8-11-37)53-14-22-24(36)27(48)34(55-22)47-17-41-26-30(47)43-35(45-33(26)51)44-31(49)18(2)3;1-4-20-21(13-23(54-20)46-16-40-25-28(38-15-39-29(25)46)42-32(50)19-9-6-5-7-10-19)56-57(52-12-8-11-37)53-14-22-24(36)27(48)34(55-22)47-17-41-26-30(47)43-35(45-33(26)51)44-31(49)18(2)3;1-8(2)3-6-4-7-5(9)11-10-4;2*1-2-4-6-5-3-1;1-2-3;;;2*1-3-2/h5-7,9-10,15-18,20-24,27,34,48H,4,8,12-14H2,1-3H3,(H,38,39,42,50)(H2,43,44,45,49,51);5-7,9-10,15-18,20-24,27,34,48H,4,8,12-14H2,1-3H3,(H,38,39,42,50)(H2,43,44,45,49,51);3H,1-2H3;2*1-5H;1H3;2*1H4;2*(H,1,2)/t2*20-,21-,22-,23-,24-,27-,34-,57?;;;;;;;;/m11......../s1. The predicted molar refractivity (Wildman–Crippen MR) is 551 cm³/mol. The maximum Gasteiger partial charge on any atom is 0.333 e. The number of rotatable bonds is 32. The summed E-state index contributed by atoms with van der Waals surface area (Å²) >= 11 is 10.6. The lowest BCUT2D eigenvalue weighted by atomic mass is 10.1. The van der Waals surface area contributed by atoms with Gasteiger partial charge in [0.15, 0.2) is 85.0 Å². The molecule has 2 aromatic carbocycles. The maximum absolute atomic E-state index is 15.7. The number of H-pyrrole nitrogens is 2. The van der Waals surface area contributed by atoms with Crippen molar-refractivity contribution < 1.29 is 103 Å².